The lowest BCUT2D eigenvalue weighted by molar-refractivity contribution is -0.128. The van der Waals surface area contributed by atoms with Crippen molar-refractivity contribution in [2.24, 2.45) is 0 Å². The number of hydrogen-bond donors (Lipinski definition) is 1. The van der Waals surface area contributed by atoms with Gasteiger partial charge in [-0.05, 0) is 18.6 Å². The number of carbonyl (C=O) groups excluding carboxylic acids is 1. The number of sulfonamides is 1. The molecule has 112 valence electrons. The van der Waals surface area contributed by atoms with E-state index in [0.29, 0.717) is 12.3 Å². The zero-order valence-corrected chi connectivity index (χ0v) is 12.6. The van der Waals surface area contributed by atoms with Gasteiger partial charge < -0.3 is 9.32 Å². The van der Waals surface area contributed by atoms with Crippen molar-refractivity contribution in [2.75, 3.05) is 27.7 Å². The Kier molecular flexibility index (Phi) is 4.17. The third-order valence-corrected chi connectivity index (χ3v) is 5.01. The highest BCUT2D eigenvalue weighted by atomic mass is 32.2. The first-order valence-corrected chi connectivity index (χ1v) is 7.76. The average molecular weight is 301 g/mol. The predicted octanol–water partition coefficient (Wildman–Crippen LogP) is -0.150. The van der Waals surface area contributed by atoms with Gasteiger partial charge >= 0.3 is 0 Å². The minimum absolute atomic E-state index is 0.0534. The molecule has 1 N–H and O–H groups in total. The number of nitrogens with zero attached hydrogens (tertiary/aromatic N) is 2. The molecule has 1 aromatic rings. The van der Waals surface area contributed by atoms with E-state index in [4.69, 9.17) is 4.42 Å². The van der Waals surface area contributed by atoms with Crippen molar-refractivity contribution in [3.63, 3.8) is 0 Å². The van der Waals surface area contributed by atoms with Crippen molar-refractivity contribution in [3.8, 4) is 0 Å². The van der Waals surface area contributed by atoms with Crippen LogP contribution in [-0.4, -0.2) is 57.3 Å². The Hall–Kier alpha value is -1.38. The molecule has 0 saturated carbocycles. The van der Waals surface area contributed by atoms with E-state index in [1.165, 1.54) is 20.2 Å². The van der Waals surface area contributed by atoms with Gasteiger partial charge in [-0.3, -0.25) is 10.1 Å². The van der Waals surface area contributed by atoms with E-state index in [1.54, 1.807) is 18.0 Å². The van der Waals surface area contributed by atoms with Crippen LogP contribution >= 0.6 is 0 Å². The molecule has 0 bridgehead atoms. The molecule has 1 saturated heterocycles. The van der Waals surface area contributed by atoms with Crippen LogP contribution in [0.5, 0.6) is 0 Å². The third kappa shape index (κ3) is 2.87. The number of likely N-dealkylation sites (N-methyl/N-ethyl adjacent to an activating group) is 1. The van der Waals surface area contributed by atoms with Crippen LogP contribution in [0.2, 0.25) is 0 Å². The molecule has 0 aliphatic carbocycles. The molecule has 1 aliphatic rings. The Bertz CT molecular complexity index is 594. The average Bonchev–Trinajstić information content (AvgIpc) is 2.97. The Morgan fingerprint density at radius 1 is 1.45 bits per heavy atom. The van der Waals surface area contributed by atoms with Gasteiger partial charge in [-0.15, -0.1) is 0 Å². The number of nitrogens with one attached hydrogen (secondary N) is 1. The van der Waals surface area contributed by atoms with Crippen molar-refractivity contribution in [1.29, 1.82) is 0 Å². The van der Waals surface area contributed by atoms with Crippen LogP contribution in [0.4, 0.5) is 0 Å². The normalized spacial score (nSPS) is 20.1. The summed E-state index contributed by atoms with van der Waals surface area (Å²) in [6, 6.07) is 2.81. The van der Waals surface area contributed by atoms with Crippen LogP contribution in [0.15, 0.2) is 21.6 Å². The Labute approximate surface area is 118 Å². The minimum Gasteiger partial charge on any atom is -0.447 e. The lowest BCUT2D eigenvalue weighted by atomic mass is 10.2. The Balaban J connectivity index is 1.99. The van der Waals surface area contributed by atoms with Gasteiger partial charge in [0.1, 0.15) is 5.76 Å². The van der Waals surface area contributed by atoms with Crippen LogP contribution in [-0.2, 0) is 21.4 Å². The fourth-order valence-electron chi connectivity index (χ4n) is 2.01. The predicted molar refractivity (Wildman–Crippen MR) is 72.5 cm³/mol. The number of rotatable bonds is 5. The molecule has 1 atom stereocenters. The van der Waals surface area contributed by atoms with Crippen molar-refractivity contribution in [1.82, 2.24) is 14.5 Å². The van der Waals surface area contributed by atoms with Gasteiger partial charge in [-0.1, -0.05) is 0 Å². The van der Waals surface area contributed by atoms with Crippen LogP contribution in [0.25, 0.3) is 0 Å². The smallest absolute Gasteiger partial charge is 0.275 e. The van der Waals surface area contributed by atoms with E-state index in [0.717, 1.165) is 17.3 Å². The molecular formula is C12H19N3O4S. The maximum atomic E-state index is 11.9. The molecule has 0 aromatic carbocycles. The molecular weight excluding hydrogens is 282 g/mol. The zero-order valence-electron chi connectivity index (χ0n) is 11.8. The first kappa shape index (κ1) is 15.0. The molecule has 1 unspecified atom stereocenters. The SMILES string of the molecule is CN1CCC(NCc2ccc(S(=O)(=O)N(C)C)o2)C1=O. The molecule has 20 heavy (non-hydrogen) atoms. The van der Waals surface area contributed by atoms with E-state index in [1.807, 2.05) is 0 Å². The number of likely N-dealkylation sites (tertiary alicyclic amines) is 1. The van der Waals surface area contributed by atoms with Gasteiger partial charge in [0.25, 0.3) is 10.0 Å². The molecule has 0 radical (unpaired) electrons. The summed E-state index contributed by atoms with van der Waals surface area (Å²) in [6.45, 7) is 1.06. The first-order valence-electron chi connectivity index (χ1n) is 6.32. The van der Waals surface area contributed by atoms with Gasteiger partial charge in [0, 0.05) is 27.7 Å². The Morgan fingerprint density at radius 2 is 2.15 bits per heavy atom. The first-order chi connectivity index (χ1) is 9.32. The van der Waals surface area contributed by atoms with E-state index >= 15 is 0 Å². The molecule has 1 aliphatic heterocycles. The monoisotopic (exact) mass is 301 g/mol. The van der Waals surface area contributed by atoms with Gasteiger partial charge in [0.2, 0.25) is 11.0 Å². The summed E-state index contributed by atoms with van der Waals surface area (Å²) >= 11 is 0. The lowest BCUT2D eigenvalue weighted by Crippen LogP contribution is -2.36. The van der Waals surface area contributed by atoms with Crippen LogP contribution in [0, 0.1) is 0 Å². The molecule has 2 heterocycles. The third-order valence-electron chi connectivity index (χ3n) is 3.32. The highest BCUT2D eigenvalue weighted by Gasteiger charge is 2.28. The summed E-state index contributed by atoms with van der Waals surface area (Å²) < 4.78 is 30.1. The summed E-state index contributed by atoms with van der Waals surface area (Å²) in [6.07, 6.45) is 0.749. The molecule has 0 spiro atoms. The van der Waals surface area contributed by atoms with E-state index in [2.05, 4.69) is 5.32 Å². The maximum absolute atomic E-state index is 11.9. The standard InChI is InChI=1S/C12H19N3O4S/c1-14(2)20(17,18)11-5-4-9(19-11)8-13-10-6-7-15(3)12(10)16/h4-5,10,13H,6-8H2,1-3H3. The maximum Gasteiger partial charge on any atom is 0.275 e. The summed E-state index contributed by atoms with van der Waals surface area (Å²) in [5, 5.41) is 2.99. The fraction of sp³-hybridized carbons (Fsp3) is 0.583. The Morgan fingerprint density at radius 3 is 2.70 bits per heavy atom. The highest BCUT2D eigenvalue weighted by Crippen LogP contribution is 2.17. The zero-order chi connectivity index (χ0) is 14.9. The second-order valence-corrected chi connectivity index (χ2v) is 7.07. The van der Waals surface area contributed by atoms with E-state index < -0.39 is 10.0 Å². The molecule has 1 aromatic heterocycles. The topological polar surface area (TPSA) is 82.9 Å². The molecule has 7 nitrogen and oxygen atoms in total. The van der Waals surface area contributed by atoms with Crippen LogP contribution < -0.4 is 5.32 Å². The van der Waals surface area contributed by atoms with Gasteiger partial charge in [0.05, 0.1) is 12.6 Å². The van der Waals surface area contributed by atoms with Gasteiger partial charge in [-0.2, -0.15) is 0 Å². The van der Waals surface area contributed by atoms with E-state index in [9.17, 15) is 13.2 Å². The van der Waals surface area contributed by atoms with Gasteiger partial charge in [-0.25, -0.2) is 12.7 Å². The number of amides is 1. The van der Waals surface area contributed by atoms with Gasteiger partial charge in [0.15, 0.2) is 0 Å². The largest absolute Gasteiger partial charge is 0.447 e. The molecule has 1 amide bonds. The number of carbonyl (C=O) groups is 1. The van der Waals surface area contributed by atoms with Crippen LogP contribution in [0.1, 0.15) is 12.2 Å². The minimum atomic E-state index is -3.55. The van der Waals surface area contributed by atoms with Crippen molar-refractivity contribution < 1.29 is 17.6 Å². The summed E-state index contributed by atoms with van der Waals surface area (Å²) in [5.74, 6) is 0.547. The molecule has 2 rings (SSSR count). The quantitative estimate of drug-likeness (QED) is 0.818. The second kappa shape index (κ2) is 5.55. The number of furan rings is 1. The van der Waals surface area contributed by atoms with Crippen molar-refractivity contribution in [2.45, 2.75) is 24.1 Å². The van der Waals surface area contributed by atoms with Crippen molar-refractivity contribution in [3.05, 3.63) is 17.9 Å². The lowest BCUT2D eigenvalue weighted by Gasteiger charge is -2.11. The molecule has 8 heteroatoms. The van der Waals surface area contributed by atoms with Crippen LogP contribution in [0.3, 0.4) is 0 Å². The second-order valence-electron chi connectivity index (χ2n) is 4.99. The highest BCUT2D eigenvalue weighted by molar-refractivity contribution is 7.88. The fourth-order valence-corrected chi connectivity index (χ4v) is 2.82. The molecule has 1 fully saturated rings. The summed E-state index contributed by atoms with van der Waals surface area (Å²) in [4.78, 5) is 13.4. The number of hydrogen-bond acceptors (Lipinski definition) is 5. The van der Waals surface area contributed by atoms with E-state index in [-0.39, 0.29) is 17.0 Å². The van der Waals surface area contributed by atoms with Crippen molar-refractivity contribution >= 4 is 15.9 Å². The summed E-state index contributed by atoms with van der Waals surface area (Å²) in [5.41, 5.74) is 0. The summed E-state index contributed by atoms with van der Waals surface area (Å²) in [7, 11) is 1.11.